The van der Waals surface area contributed by atoms with Crippen LogP contribution in [0.4, 0.5) is 0 Å². The summed E-state index contributed by atoms with van der Waals surface area (Å²) in [6.07, 6.45) is 1.67. The molecule has 0 radical (unpaired) electrons. The van der Waals surface area contributed by atoms with Gasteiger partial charge in [-0.2, -0.15) is 0 Å². The molecule has 29 heavy (non-hydrogen) atoms. The van der Waals surface area contributed by atoms with Gasteiger partial charge in [0.2, 0.25) is 5.69 Å². The van der Waals surface area contributed by atoms with Crippen molar-refractivity contribution < 1.29 is 17.5 Å². The van der Waals surface area contributed by atoms with Crippen LogP contribution in [0.5, 0.6) is 0 Å². The Bertz CT molecular complexity index is 1690. The monoisotopic (exact) mass is 381 g/mol. The van der Waals surface area contributed by atoms with E-state index in [1.165, 1.54) is 0 Å². The van der Waals surface area contributed by atoms with Gasteiger partial charge < -0.3 is 8.83 Å². The molecule has 3 aromatic heterocycles. The lowest BCUT2D eigenvalue weighted by atomic mass is 9.99. The number of rotatable bonds is 1. The average Bonchev–Trinajstić information content (AvgIpc) is 3.31. The van der Waals surface area contributed by atoms with Crippen LogP contribution in [0.3, 0.4) is 0 Å². The number of para-hydroxylation sites is 1. The molecule has 0 atom stereocenters. The molecule has 0 N–H and O–H groups in total. The van der Waals surface area contributed by atoms with Crippen LogP contribution in [-0.4, -0.2) is 0 Å². The molecule has 0 saturated heterocycles. The van der Waals surface area contributed by atoms with Crippen molar-refractivity contribution in [1.82, 2.24) is 0 Å². The summed E-state index contributed by atoms with van der Waals surface area (Å²) in [5.74, 6) is 0. The molecule has 0 amide bonds. The van der Waals surface area contributed by atoms with Crippen LogP contribution in [-0.2, 0) is 7.05 Å². The van der Waals surface area contributed by atoms with Crippen molar-refractivity contribution in [2.24, 2.45) is 7.05 Å². The van der Waals surface area contributed by atoms with Crippen LogP contribution >= 0.6 is 0 Å². The molecule has 6 rings (SSSR count). The van der Waals surface area contributed by atoms with Gasteiger partial charge >= 0.3 is 0 Å². The molecule has 140 valence electrons. The summed E-state index contributed by atoms with van der Waals surface area (Å²) in [6.45, 7) is -0.104. The zero-order chi connectivity index (χ0) is 22.2. The maximum absolute atomic E-state index is 7.71. The summed E-state index contributed by atoms with van der Waals surface area (Å²) in [6, 6.07) is 19.7. The Kier molecular flexibility index (Phi) is 2.67. The Morgan fingerprint density at radius 2 is 1.59 bits per heavy atom. The molecule has 3 nitrogen and oxygen atoms in total. The SMILES string of the molecule is [2H]C([2H])([2H])c1ccc(-c2c(C)ccc3c2oc2ccc4oc5ccccc5c4c23)[n+](C)c1. The molecule has 0 spiro atoms. The number of pyridine rings is 1. The summed E-state index contributed by atoms with van der Waals surface area (Å²) >= 11 is 0. The first-order valence-electron chi connectivity index (χ1n) is 11.1. The summed E-state index contributed by atoms with van der Waals surface area (Å²) in [7, 11) is 1.87. The minimum absolute atomic E-state index is 0.310. The third-order valence-corrected chi connectivity index (χ3v) is 5.74. The number of hydrogen-bond acceptors (Lipinski definition) is 2. The van der Waals surface area contributed by atoms with Gasteiger partial charge in [0.15, 0.2) is 6.20 Å². The van der Waals surface area contributed by atoms with E-state index in [4.69, 9.17) is 12.9 Å². The van der Waals surface area contributed by atoms with Crippen LogP contribution in [0, 0.1) is 13.8 Å². The summed E-state index contributed by atoms with van der Waals surface area (Å²) in [5.41, 5.74) is 6.49. The van der Waals surface area contributed by atoms with Gasteiger partial charge in [-0.15, -0.1) is 0 Å². The molecular formula is C26H20NO2+. The van der Waals surface area contributed by atoms with E-state index in [2.05, 4.69) is 18.2 Å². The van der Waals surface area contributed by atoms with Crippen LogP contribution in [0.1, 0.15) is 15.2 Å². The molecule has 3 heteroatoms. The average molecular weight is 381 g/mol. The van der Waals surface area contributed by atoms with E-state index in [1.807, 2.05) is 54.9 Å². The predicted molar refractivity (Wildman–Crippen MR) is 117 cm³/mol. The fourth-order valence-corrected chi connectivity index (χ4v) is 4.43. The van der Waals surface area contributed by atoms with Crippen molar-refractivity contribution in [2.45, 2.75) is 13.8 Å². The molecular weight excluding hydrogens is 358 g/mol. The quantitative estimate of drug-likeness (QED) is 0.301. The van der Waals surface area contributed by atoms with Crippen molar-refractivity contribution >= 4 is 43.9 Å². The van der Waals surface area contributed by atoms with E-state index >= 15 is 0 Å². The lowest BCUT2D eigenvalue weighted by molar-refractivity contribution is -0.660. The van der Waals surface area contributed by atoms with E-state index in [9.17, 15) is 0 Å². The smallest absolute Gasteiger partial charge is 0.216 e. The Morgan fingerprint density at radius 1 is 0.793 bits per heavy atom. The zero-order valence-electron chi connectivity index (χ0n) is 19.1. The number of furan rings is 2. The Labute approximate surface area is 172 Å². The van der Waals surface area contributed by atoms with Crippen molar-refractivity contribution in [3.05, 3.63) is 78.0 Å². The van der Waals surface area contributed by atoms with E-state index < -0.39 is 6.85 Å². The number of fused-ring (bicyclic) bond motifs is 7. The van der Waals surface area contributed by atoms with Crippen LogP contribution in [0.2, 0.25) is 0 Å². The van der Waals surface area contributed by atoms with Gasteiger partial charge in [0.1, 0.15) is 29.4 Å². The first-order valence-corrected chi connectivity index (χ1v) is 9.59. The second kappa shape index (κ2) is 5.71. The second-order valence-corrected chi connectivity index (χ2v) is 7.56. The highest BCUT2D eigenvalue weighted by atomic mass is 16.3. The Hall–Kier alpha value is -3.59. The molecule has 0 fully saturated rings. The van der Waals surface area contributed by atoms with E-state index in [-0.39, 0.29) is 0 Å². The molecule has 0 aliphatic rings. The molecule has 0 aliphatic heterocycles. The highest BCUT2D eigenvalue weighted by Crippen LogP contribution is 2.42. The summed E-state index contributed by atoms with van der Waals surface area (Å²) in [5, 5.41) is 4.16. The van der Waals surface area contributed by atoms with Crippen molar-refractivity contribution in [1.29, 1.82) is 0 Å². The van der Waals surface area contributed by atoms with Crippen LogP contribution < -0.4 is 4.57 Å². The van der Waals surface area contributed by atoms with E-state index in [1.54, 1.807) is 12.3 Å². The first-order chi connectivity index (χ1) is 15.3. The lowest BCUT2D eigenvalue weighted by Gasteiger charge is -2.06. The maximum atomic E-state index is 7.71. The minimum Gasteiger partial charge on any atom is -0.456 e. The molecule has 0 saturated carbocycles. The van der Waals surface area contributed by atoms with Gasteiger partial charge in [0.25, 0.3) is 0 Å². The highest BCUT2D eigenvalue weighted by molar-refractivity contribution is 6.26. The van der Waals surface area contributed by atoms with Gasteiger partial charge in [-0.1, -0.05) is 30.3 Å². The third kappa shape index (κ3) is 2.21. The number of aromatic nitrogens is 1. The van der Waals surface area contributed by atoms with Gasteiger partial charge in [0, 0.05) is 37.3 Å². The lowest BCUT2D eigenvalue weighted by Crippen LogP contribution is -2.31. The van der Waals surface area contributed by atoms with Gasteiger partial charge in [-0.3, -0.25) is 0 Å². The Balaban J connectivity index is 1.71. The molecule has 3 aromatic carbocycles. The molecule has 3 heterocycles. The second-order valence-electron chi connectivity index (χ2n) is 7.56. The molecule has 0 aliphatic carbocycles. The largest absolute Gasteiger partial charge is 0.456 e. The predicted octanol–water partition coefficient (Wildman–Crippen LogP) is 6.59. The zero-order valence-corrected chi connectivity index (χ0v) is 16.1. The van der Waals surface area contributed by atoms with Crippen molar-refractivity contribution in [2.75, 3.05) is 0 Å². The minimum atomic E-state index is -2.15. The fourth-order valence-electron chi connectivity index (χ4n) is 4.43. The van der Waals surface area contributed by atoms with Gasteiger partial charge in [-0.25, -0.2) is 4.57 Å². The third-order valence-electron chi connectivity index (χ3n) is 5.74. The Morgan fingerprint density at radius 3 is 2.41 bits per heavy atom. The van der Waals surface area contributed by atoms with Crippen LogP contribution in [0.25, 0.3) is 55.1 Å². The summed E-state index contributed by atoms with van der Waals surface area (Å²) < 4.78 is 37.5. The first kappa shape index (κ1) is 13.6. The van der Waals surface area contributed by atoms with Gasteiger partial charge in [0.05, 0.1) is 5.56 Å². The molecule has 0 bridgehead atoms. The fraction of sp³-hybridized carbons (Fsp3) is 0.115. The van der Waals surface area contributed by atoms with Gasteiger partial charge in [-0.05, 0) is 43.6 Å². The topological polar surface area (TPSA) is 30.2 Å². The number of aryl methyl sites for hydroxylation is 3. The van der Waals surface area contributed by atoms with Crippen molar-refractivity contribution in [3.63, 3.8) is 0 Å². The van der Waals surface area contributed by atoms with Crippen LogP contribution in [0.15, 0.2) is 75.7 Å². The summed E-state index contributed by atoms with van der Waals surface area (Å²) in [4.78, 5) is 0. The normalized spacial score (nSPS) is 13.9. The number of nitrogens with zero attached hydrogens (tertiary/aromatic N) is 1. The number of benzene rings is 3. The molecule has 0 unspecified atom stereocenters. The molecule has 6 aromatic rings. The maximum Gasteiger partial charge on any atom is 0.216 e. The highest BCUT2D eigenvalue weighted by Gasteiger charge is 2.22. The standard InChI is InChI=1S/C26H20NO2/c1-15-8-11-19(27(3)14-15)23-16(2)9-10-18-25-22(29-26(18)23)13-12-21-24(25)17-6-4-5-7-20(17)28-21/h4-14H,1-3H3/q+1/i1D3. The van der Waals surface area contributed by atoms with E-state index in [0.29, 0.717) is 5.56 Å². The van der Waals surface area contributed by atoms with Crippen molar-refractivity contribution in [3.8, 4) is 11.3 Å². The number of hydrogen-bond donors (Lipinski definition) is 0. The van der Waals surface area contributed by atoms with E-state index in [0.717, 1.165) is 60.7 Å².